The van der Waals surface area contributed by atoms with Gasteiger partial charge in [0.2, 0.25) is 0 Å². The van der Waals surface area contributed by atoms with Crippen LogP contribution in [0.2, 0.25) is 0 Å². The first-order chi connectivity index (χ1) is 5.59. The molecule has 0 saturated heterocycles. The SMILES string of the molecule is O=S1(=O)CCc2cc(Br)cnc21. The van der Waals surface area contributed by atoms with Crippen LogP contribution in [-0.4, -0.2) is 19.2 Å². The lowest BCUT2D eigenvalue weighted by molar-refractivity contribution is 0.597. The number of hydrogen-bond acceptors (Lipinski definition) is 3. The average molecular weight is 248 g/mol. The summed E-state index contributed by atoms with van der Waals surface area (Å²) in [6, 6.07) is 1.81. The first-order valence-electron chi connectivity index (χ1n) is 3.47. The monoisotopic (exact) mass is 247 g/mol. The van der Waals surface area contributed by atoms with Gasteiger partial charge >= 0.3 is 0 Å². The molecule has 0 saturated carbocycles. The van der Waals surface area contributed by atoms with E-state index in [1.165, 1.54) is 6.20 Å². The molecule has 2 rings (SSSR count). The Morgan fingerprint density at radius 2 is 2.25 bits per heavy atom. The second-order valence-corrected chi connectivity index (χ2v) is 5.63. The number of nitrogens with zero attached hydrogens (tertiary/aromatic N) is 1. The van der Waals surface area contributed by atoms with Gasteiger partial charge in [0.15, 0.2) is 14.9 Å². The minimum atomic E-state index is -3.05. The molecule has 2 heterocycles. The lowest BCUT2D eigenvalue weighted by Gasteiger charge is -1.95. The number of aryl methyl sites for hydroxylation is 1. The molecule has 0 fully saturated rings. The topological polar surface area (TPSA) is 47.0 Å². The number of pyridine rings is 1. The number of aromatic nitrogens is 1. The Bertz CT molecular complexity index is 427. The Morgan fingerprint density at radius 3 is 3.00 bits per heavy atom. The molecule has 1 aliphatic heterocycles. The molecule has 0 atom stereocenters. The van der Waals surface area contributed by atoms with Crippen LogP contribution in [0.1, 0.15) is 5.56 Å². The van der Waals surface area contributed by atoms with Crippen molar-refractivity contribution in [1.82, 2.24) is 4.98 Å². The van der Waals surface area contributed by atoms with Gasteiger partial charge in [-0.25, -0.2) is 13.4 Å². The smallest absolute Gasteiger partial charge is 0.196 e. The van der Waals surface area contributed by atoms with Crippen molar-refractivity contribution in [3.8, 4) is 0 Å². The molecule has 5 heteroatoms. The van der Waals surface area contributed by atoms with Crippen LogP contribution in [0.3, 0.4) is 0 Å². The van der Waals surface area contributed by atoms with Crippen LogP contribution >= 0.6 is 15.9 Å². The van der Waals surface area contributed by atoms with Gasteiger partial charge in [-0.3, -0.25) is 0 Å². The van der Waals surface area contributed by atoms with Crippen LogP contribution in [-0.2, 0) is 16.3 Å². The highest BCUT2D eigenvalue weighted by molar-refractivity contribution is 9.10. The molecular formula is C7H6BrNO2S. The Morgan fingerprint density at radius 1 is 1.50 bits per heavy atom. The summed E-state index contributed by atoms with van der Waals surface area (Å²) in [5.74, 6) is 0.200. The third-order valence-corrected chi connectivity index (χ3v) is 3.96. The quantitative estimate of drug-likeness (QED) is 0.692. The van der Waals surface area contributed by atoms with E-state index in [1.54, 1.807) is 0 Å². The molecule has 0 spiro atoms. The van der Waals surface area contributed by atoms with Crippen LogP contribution < -0.4 is 0 Å². The van der Waals surface area contributed by atoms with Gasteiger partial charge < -0.3 is 0 Å². The second kappa shape index (κ2) is 2.53. The van der Waals surface area contributed by atoms with Crippen molar-refractivity contribution in [2.45, 2.75) is 11.4 Å². The highest BCUT2D eigenvalue weighted by atomic mass is 79.9. The van der Waals surface area contributed by atoms with Crippen LogP contribution in [0.25, 0.3) is 0 Å². The molecule has 0 N–H and O–H groups in total. The Hall–Kier alpha value is -0.420. The normalized spacial score (nSPS) is 19.1. The molecule has 1 aliphatic rings. The predicted octanol–water partition coefficient (Wildman–Crippen LogP) is 1.17. The third-order valence-electron chi connectivity index (χ3n) is 1.83. The summed E-state index contributed by atoms with van der Waals surface area (Å²) >= 11 is 3.25. The highest BCUT2D eigenvalue weighted by Gasteiger charge is 2.27. The van der Waals surface area contributed by atoms with Crippen molar-refractivity contribution < 1.29 is 8.42 Å². The summed E-state index contributed by atoms with van der Waals surface area (Å²) in [4.78, 5) is 3.88. The first-order valence-corrected chi connectivity index (χ1v) is 5.91. The van der Waals surface area contributed by atoms with Crippen molar-refractivity contribution in [1.29, 1.82) is 0 Å². The predicted molar refractivity (Wildman–Crippen MR) is 47.7 cm³/mol. The van der Waals surface area contributed by atoms with E-state index in [0.717, 1.165) is 10.0 Å². The second-order valence-electron chi connectivity index (χ2n) is 2.69. The summed E-state index contributed by atoms with van der Waals surface area (Å²) in [5.41, 5.74) is 0.823. The van der Waals surface area contributed by atoms with Crippen molar-refractivity contribution in [3.63, 3.8) is 0 Å². The molecule has 0 amide bonds. The van der Waals surface area contributed by atoms with Crippen LogP contribution in [0.4, 0.5) is 0 Å². The molecule has 1 aromatic rings. The average Bonchev–Trinajstić information content (AvgIpc) is 2.27. The summed E-state index contributed by atoms with van der Waals surface area (Å²) in [6.07, 6.45) is 2.10. The van der Waals surface area contributed by atoms with Gasteiger partial charge in [-0.1, -0.05) is 0 Å². The molecule has 0 aliphatic carbocycles. The van der Waals surface area contributed by atoms with E-state index in [0.29, 0.717) is 6.42 Å². The fourth-order valence-electron chi connectivity index (χ4n) is 1.27. The molecular weight excluding hydrogens is 242 g/mol. The zero-order valence-corrected chi connectivity index (χ0v) is 8.52. The summed E-state index contributed by atoms with van der Waals surface area (Å²) in [6.45, 7) is 0. The van der Waals surface area contributed by atoms with Gasteiger partial charge in [-0.15, -0.1) is 0 Å². The van der Waals surface area contributed by atoms with Gasteiger partial charge in [-0.05, 0) is 34.0 Å². The van der Waals surface area contributed by atoms with Gasteiger partial charge in [0, 0.05) is 10.7 Å². The van der Waals surface area contributed by atoms with E-state index in [4.69, 9.17) is 0 Å². The Balaban J connectivity index is 2.71. The van der Waals surface area contributed by atoms with Crippen molar-refractivity contribution in [3.05, 3.63) is 22.3 Å². The number of hydrogen-bond donors (Lipinski definition) is 0. The van der Waals surface area contributed by atoms with Crippen molar-refractivity contribution in [2.75, 3.05) is 5.75 Å². The van der Waals surface area contributed by atoms with Gasteiger partial charge in [0.25, 0.3) is 0 Å². The summed E-state index contributed by atoms with van der Waals surface area (Å²) in [5, 5.41) is 0.255. The Labute approximate surface area is 78.9 Å². The zero-order chi connectivity index (χ0) is 8.77. The van der Waals surface area contributed by atoms with E-state index in [2.05, 4.69) is 20.9 Å². The maximum atomic E-state index is 11.3. The standard InChI is InChI=1S/C7H6BrNO2S/c8-6-3-5-1-2-12(10,11)7(5)9-4-6/h3-4H,1-2H2. The highest BCUT2D eigenvalue weighted by Crippen LogP contribution is 2.25. The lowest BCUT2D eigenvalue weighted by Crippen LogP contribution is -2.00. The maximum Gasteiger partial charge on any atom is 0.196 e. The fraction of sp³-hybridized carbons (Fsp3) is 0.286. The van der Waals surface area contributed by atoms with Gasteiger partial charge in [0.05, 0.1) is 5.75 Å². The third kappa shape index (κ3) is 1.17. The van der Waals surface area contributed by atoms with Crippen molar-refractivity contribution in [2.24, 2.45) is 0 Å². The number of sulfone groups is 1. The molecule has 12 heavy (non-hydrogen) atoms. The molecule has 0 unspecified atom stereocenters. The molecule has 0 radical (unpaired) electrons. The van der Waals surface area contributed by atoms with Crippen molar-refractivity contribution >= 4 is 25.8 Å². The number of rotatable bonds is 0. The van der Waals surface area contributed by atoms with Gasteiger partial charge in [-0.2, -0.15) is 0 Å². The van der Waals surface area contributed by atoms with E-state index < -0.39 is 9.84 Å². The molecule has 64 valence electrons. The van der Waals surface area contributed by atoms with Crippen LogP contribution in [0.5, 0.6) is 0 Å². The molecule has 1 aromatic heterocycles. The largest absolute Gasteiger partial charge is 0.243 e. The van der Waals surface area contributed by atoms with Crippen LogP contribution in [0, 0.1) is 0 Å². The van der Waals surface area contributed by atoms with E-state index in [9.17, 15) is 8.42 Å². The van der Waals surface area contributed by atoms with E-state index in [-0.39, 0.29) is 10.8 Å². The summed E-state index contributed by atoms with van der Waals surface area (Å²) in [7, 11) is -3.05. The molecule has 0 aromatic carbocycles. The molecule has 3 nitrogen and oxygen atoms in total. The number of halogens is 1. The van der Waals surface area contributed by atoms with Crippen LogP contribution in [0.15, 0.2) is 21.8 Å². The zero-order valence-electron chi connectivity index (χ0n) is 6.12. The number of fused-ring (bicyclic) bond motifs is 1. The molecule has 0 bridgehead atoms. The van der Waals surface area contributed by atoms with Gasteiger partial charge in [0.1, 0.15) is 0 Å². The van der Waals surface area contributed by atoms with E-state index in [1.807, 2.05) is 6.07 Å². The fourth-order valence-corrected chi connectivity index (χ4v) is 3.10. The van der Waals surface area contributed by atoms with E-state index >= 15 is 0 Å². The lowest BCUT2D eigenvalue weighted by atomic mass is 10.2. The first kappa shape index (κ1) is 8.19. The summed E-state index contributed by atoms with van der Waals surface area (Å²) < 4.78 is 23.4. The Kier molecular flexibility index (Phi) is 1.73. The maximum absolute atomic E-state index is 11.3. The minimum absolute atomic E-state index is 0.200. The minimum Gasteiger partial charge on any atom is -0.243 e.